The molecule has 0 N–H and O–H groups in total. The standard InChI is InChI=1S/C28H27NO4/c1-5-29(6-2)21-13-11-20(12-14-21)16-25-27(30)26-19(4)15-22(17-24(26)33-25)32-28(31)23-10-8-7-9-18(23)3/h7-17H,5-6H2,1-4H3/b25-16-. The first-order valence-corrected chi connectivity index (χ1v) is 11.1. The molecule has 0 saturated heterocycles. The van der Waals surface area contributed by atoms with E-state index in [-0.39, 0.29) is 11.5 Å². The molecule has 0 amide bonds. The molecule has 0 aromatic heterocycles. The zero-order chi connectivity index (χ0) is 23.5. The molecule has 4 rings (SSSR count). The summed E-state index contributed by atoms with van der Waals surface area (Å²) in [5.41, 5.74) is 4.55. The number of anilines is 1. The van der Waals surface area contributed by atoms with Crippen molar-refractivity contribution in [1.29, 1.82) is 0 Å². The highest BCUT2D eigenvalue weighted by molar-refractivity contribution is 6.15. The van der Waals surface area contributed by atoms with E-state index >= 15 is 0 Å². The smallest absolute Gasteiger partial charge is 0.343 e. The van der Waals surface area contributed by atoms with Gasteiger partial charge >= 0.3 is 5.97 Å². The zero-order valence-corrected chi connectivity index (χ0v) is 19.3. The van der Waals surface area contributed by atoms with Crippen molar-refractivity contribution in [2.75, 3.05) is 18.0 Å². The average molecular weight is 442 g/mol. The van der Waals surface area contributed by atoms with Gasteiger partial charge in [0.25, 0.3) is 0 Å². The fraction of sp³-hybridized carbons (Fsp3) is 0.214. The van der Waals surface area contributed by atoms with E-state index in [2.05, 4.69) is 18.7 Å². The maximum atomic E-state index is 13.0. The number of carbonyl (C=O) groups is 2. The van der Waals surface area contributed by atoms with Crippen LogP contribution in [-0.2, 0) is 0 Å². The normalized spacial score (nSPS) is 13.6. The number of esters is 1. The van der Waals surface area contributed by atoms with Crippen LogP contribution in [0.4, 0.5) is 5.69 Å². The molecule has 5 heteroatoms. The Labute approximate surface area is 194 Å². The van der Waals surface area contributed by atoms with Gasteiger partial charge in [-0.25, -0.2) is 4.79 Å². The van der Waals surface area contributed by atoms with Crippen molar-refractivity contribution in [3.63, 3.8) is 0 Å². The van der Waals surface area contributed by atoms with Gasteiger partial charge in [0.2, 0.25) is 5.78 Å². The highest BCUT2D eigenvalue weighted by atomic mass is 16.5. The van der Waals surface area contributed by atoms with Crippen LogP contribution in [-0.4, -0.2) is 24.8 Å². The van der Waals surface area contributed by atoms with Crippen molar-refractivity contribution in [2.45, 2.75) is 27.7 Å². The maximum Gasteiger partial charge on any atom is 0.343 e. The number of ketones is 1. The van der Waals surface area contributed by atoms with Gasteiger partial charge in [0.15, 0.2) is 5.76 Å². The number of benzene rings is 3. The van der Waals surface area contributed by atoms with E-state index < -0.39 is 5.97 Å². The molecular weight excluding hydrogens is 414 g/mol. The number of aryl methyl sites for hydroxylation is 2. The van der Waals surface area contributed by atoms with Crippen molar-refractivity contribution < 1.29 is 19.1 Å². The number of Topliss-reactive ketones (excluding diaryl/α,β-unsaturated/α-hetero) is 1. The fourth-order valence-corrected chi connectivity index (χ4v) is 4.02. The summed E-state index contributed by atoms with van der Waals surface area (Å²) >= 11 is 0. The van der Waals surface area contributed by atoms with Gasteiger partial charge in [-0.15, -0.1) is 0 Å². The monoisotopic (exact) mass is 441 g/mol. The summed E-state index contributed by atoms with van der Waals surface area (Å²) in [6.45, 7) is 9.78. The average Bonchev–Trinajstić information content (AvgIpc) is 3.11. The zero-order valence-electron chi connectivity index (χ0n) is 19.3. The Morgan fingerprint density at radius 2 is 1.67 bits per heavy atom. The number of carbonyl (C=O) groups excluding carboxylic acids is 2. The van der Waals surface area contributed by atoms with Crippen molar-refractivity contribution in [3.05, 3.63) is 94.2 Å². The van der Waals surface area contributed by atoms with Gasteiger partial charge in [-0.05, 0) is 74.7 Å². The van der Waals surface area contributed by atoms with Crippen molar-refractivity contribution in [2.24, 2.45) is 0 Å². The van der Waals surface area contributed by atoms with Crippen LogP contribution in [0.25, 0.3) is 6.08 Å². The molecular formula is C28H27NO4. The second-order valence-electron chi connectivity index (χ2n) is 8.02. The second-order valence-corrected chi connectivity index (χ2v) is 8.02. The number of ether oxygens (including phenoxy) is 2. The van der Waals surface area contributed by atoms with Gasteiger partial charge in [-0.3, -0.25) is 4.79 Å². The van der Waals surface area contributed by atoms with Crippen LogP contribution in [0, 0.1) is 13.8 Å². The number of hydrogen-bond donors (Lipinski definition) is 0. The molecule has 1 heterocycles. The van der Waals surface area contributed by atoms with E-state index in [1.165, 1.54) is 0 Å². The van der Waals surface area contributed by atoms with Gasteiger partial charge in [-0.2, -0.15) is 0 Å². The van der Waals surface area contributed by atoms with Crippen LogP contribution < -0.4 is 14.4 Å². The first-order valence-electron chi connectivity index (χ1n) is 11.1. The topological polar surface area (TPSA) is 55.8 Å². The lowest BCUT2D eigenvalue weighted by molar-refractivity contribution is 0.0733. The molecule has 0 bridgehead atoms. The van der Waals surface area contributed by atoms with Gasteiger partial charge in [0.05, 0.1) is 11.1 Å². The first-order chi connectivity index (χ1) is 15.9. The highest BCUT2D eigenvalue weighted by Crippen LogP contribution is 2.38. The lowest BCUT2D eigenvalue weighted by Gasteiger charge is -2.20. The summed E-state index contributed by atoms with van der Waals surface area (Å²) in [6.07, 6.45) is 1.74. The largest absolute Gasteiger partial charge is 0.452 e. The predicted octanol–water partition coefficient (Wildman–Crippen LogP) is 5.99. The molecule has 1 aliphatic heterocycles. The first kappa shape index (κ1) is 22.3. The van der Waals surface area contributed by atoms with Crippen LogP contribution in [0.3, 0.4) is 0 Å². The molecule has 0 atom stereocenters. The third kappa shape index (κ3) is 4.53. The predicted molar refractivity (Wildman–Crippen MR) is 130 cm³/mol. The Hall–Kier alpha value is -3.86. The van der Waals surface area contributed by atoms with Crippen LogP contribution in [0.2, 0.25) is 0 Å². The van der Waals surface area contributed by atoms with E-state index in [1.807, 2.05) is 50.2 Å². The van der Waals surface area contributed by atoms with Gasteiger partial charge < -0.3 is 14.4 Å². The Kier molecular flexibility index (Phi) is 6.31. The molecule has 5 nitrogen and oxygen atoms in total. The molecule has 1 aliphatic rings. The van der Waals surface area contributed by atoms with E-state index in [9.17, 15) is 9.59 Å². The molecule has 168 valence electrons. The second kappa shape index (κ2) is 9.33. The molecule has 0 saturated carbocycles. The van der Waals surface area contributed by atoms with Gasteiger partial charge in [-0.1, -0.05) is 30.3 Å². The summed E-state index contributed by atoms with van der Waals surface area (Å²) in [5.74, 6) is 0.384. The molecule has 0 radical (unpaired) electrons. The summed E-state index contributed by atoms with van der Waals surface area (Å²) in [4.78, 5) is 27.8. The van der Waals surface area contributed by atoms with Crippen LogP contribution in [0.1, 0.15) is 51.3 Å². The number of nitrogens with zero attached hydrogens (tertiary/aromatic N) is 1. The maximum absolute atomic E-state index is 13.0. The molecule has 0 unspecified atom stereocenters. The summed E-state index contributed by atoms with van der Waals surface area (Å²) in [7, 11) is 0. The van der Waals surface area contributed by atoms with Crippen molar-refractivity contribution in [3.8, 4) is 11.5 Å². The molecule has 33 heavy (non-hydrogen) atoms. The fourth-order valence-electron chi connectivity index (χ4n) is 4.02. The minimum absolute atomic E-state index is 0.174. The van der Waals surface area contributed by atoms with E-state index in [0.29, 0.717) is 28.2 Å². The minimum atomic E-state index is -0.444. The lowest BCUT2D eigenvalue weighted by atomic mass is 10.0. The SMILES string of the molecule is CCN(CC)c1ccc(/C=C2\Oc3cc(OC(=O)c4ccccc4C)cc(C)c3C2=O)cc1. The Morgan fingerprint density at radius 1 is 0.970 bits per heavy atom. The van der Waals surface area contributed by atoms with Crippen LogP contribution >= 0.6 is 0 Å². The third-order valence-corrected chi connectivity index (χ3v) is 5.84. The van der Waals surface area contributed by atoms with E-state index in [1.54, 1.807) is 30.3 Å². The minimum Gasteiger partial charge on any atom is -0.452 e. The summed E-state index contributed by atoms with van der Waals surface area (Å²) in [6, 6.07) is 18.6. The van der Waals surface area contributed by atoms with Crippen molar-refractivity contribution >= 4 is 23.5 Å². The quantitative estimate of drug-likeness (QED) is 0.267. The third-order valence-electron chi connectivity index (χ3n) is 5.84. The number of allylic oxidation sites excluding steroid dienone is 1. The van der Waals surface area contributed by atoms with Crippen molar-refractivity contribution in [1.82, 2.24) is 0 Å². The molecule has 3 aromatic rings. The Bertz CT molecular complexity index is 1240. The number of hydrogen-bond acceptors (Lipinski definition) is 5. The lowest BCUT2D eigenvalue weighted by Crippen LogP contribution is -2.21. The number of fused-ring (bicyclic) bond motifs is 1. The molecule has 0 spiro atoms. The number of rotatable bonds is 6. The van der Waals surface area contributed by atoms with E-state index in [0.717, 1.165) is 29.9 Å². The summed E-state index contributed by atoms with van der Waals surface area (Å²) in [5, 5.41) is 0. The molecule has 3 aromatic carbocycles. The Morgan fingerprint density at radius 3 is 2.33 bits per heavy atom. The van der Waals surface area contributed by atoms with Gasteiger partial charge in [0.1, 0.15) is 11.5 Å². The molecule has 0 fully saturated rings. The summed E-state index contributed by atoms with van der Waals surface area (Å²) < 4.78 is 11.5. The van der Waals surface area contributed by atoms with Gasteiger partial charge in [0, 0.05) is 24.8 Å². The highest BCUT2D eigenvalue weighted by Gasteiger charge is 2.30. The van der Waals surface area contributed by atoms with Crippen LogP contribution in [0.5, 0.6) is 11.5 Å². The van der Waals surface area contributed by atoms with E-state index in [4.69, 9.17) is 9.47 Å². The van der Waals surface area contributed by atoms with Crippen LogP contribution in [0.15, 0.2) is 66.4 Å². The Balaban J connectivity index is 1.56. The molecule has 0 aliphatic carbocycles.